The van der Waals surface area contributed by atoms with Gasteiger partial charge in [-0.1, -0.05) is 6.92 Å². The number of ether oxygens (including phenoxy) is 1. The third-order valence-corrected chi connectivity index (χ3v) is 5.78. The van der Waals surface area contributed by atoms with Gasteiger partial charge in [0.2, 0.25) is 5.56 Å². The lowest BCUT2D eigenvalue weighted by atomic mass is 9.93. The summed E-state index contributed by atoms with van der Waals surface area (Å²) in [6, 6.07) is 6.05. The number of nitrogens with one attached hydrogen (secondary N) is 1. The summed E-state index contributed by atoms with van der Waals surface area (Å²) in [6.45, 7) is 4.78. The van der Waals surface area contributed by atoms with Crippen molar-refractivity contribution < 1.29 is 22.7 Å². The summed E-state index contributed by atoms with van der Waals surface area (Å²) < 4.78 is 45.6. The Morgan fingerprint density at radius 3 is 2.57 bits per heavy atom. The minimum atomic E-state index is -4.50. The summed E-state index contributed by atoms with van der Waals surface area (Å²) in [5.41, 5.74) is 0.463. The maximum atomic E-state index is 13.4. The number of rotatable bonds is 2. The van der Waals surface area contributed by atoms with Crippen LogP contribution in [0.2, 0.25) is 0 Å². The van der Waals surface area contributed by atoms with Gasteiger partial charge < -0.3 is 14.6 Å². The number of hydrogen-bond donors (Lipinski definition) is 1. The predicted octanol–water partition coefficient (Wildman–Crippen LogP) is 3.55. The SMILES string of the molecule is Cc1[nH]c(=O)ccc1N1CN([C@H]2CCOC[C@H]2C)c2cc(C(F)(F)F)ccc2C1=O. The van der Waals surface area contributed by atoms with Crippen molar-refractivity contribution in [1.29, 1.82) is 0 Å². The lowest BCUT2D eigenvalue weighted by Gasteiger charge is -2.46. The molecule has 1 N–H and O–H groups in total. The van der Waals surface area contributed by atoms with E-state index in [1.807, 2.05) is 11.8 Å². The van der Waals surface area contributed by atoms with Gasteiger partial charge in [0.1, 0.15) is 0 Å². The standard InChI is InChI=1S/C21H22F3N3O3/c1-12-10-30-8-7-16(12)26-11-27(17-5-6-19(28)25-13(17)2)20(29)15-4-3-14(9-18(15)26)21(22,23)24/h3-6,9,12,16H,7-8,10-11H2,1-2H3,(H,25,28)/t12-,16+/m1/s1. The number of nitrogens with zero attached hydrogens (tertiary/aromatic N) is 2. The number of alkyl halides is 3. The Kier molecular flexibility index (Phi) is 5.09. The highest BCUT2D eigenvalue weighted by atomic mass is 19.4. The number of halogens is 3. The first-order valence-corrected chi connectivity index (χ1v) is 9.74. The van der Waals surface area contributed by atoms with Crippen LogP contribution < -0.4 is 15.4 Å². The molecule has 0 aliphatic carbocycles. The molecule has 0 radical (unpaired) electrons. The summed E-state index contributed by atoms with van der Waals surface area (Å²) >= 11 is 0. The normalized spacial score (nSPS) is 22.2. The molecule has 1 saturated heterocycles. The third kappa shape index (κ3) is 3.58. The molecule has 1 fully saturated rings. The zero-order valence-corrected chi connectivity index (χ0v) is 16.6. The van der Waals surface area contributed by atoms with Gasteiger partial charge in [-0.05, 0) is 43.5 Å². The number of carbonyl (C=O) groups is 1. The van der Waals surface area contributed by atoms with E-state index in [2.05, 4.69) is 4.98 Å². The van der Waals surface area contributed by atoms with Crippen molar-refractivity contribution in [2.24, 2.45) is 5.92 Å². The van der Waals surface area contributed by atoms with E-state index in [9.17, 15) is 22.8 Å². The summed E-state index contributed by atoms with van der Waals surface area (Å²) in [7, 11) is 0. The Morgan fingerprint density at radius 2 is 1.90 bits per heavy atom. The summed E-state index contributed by atoms with van der Waals surface area (Å²) in [5, 5.41) is 0. The van der Waals surface area contributed by atoms with Crippen LogP contribution in [-0.2, 0) is 10.9 Å². The molecule has 1 amide bonds. The molecule has 1 aromatic heterocycles. The number of benzene rings is 1. The van der Waals surface area contributed by atoms with E-state index >= 15 is 0 Å². The van der Waals surface area contributed by atoms with E-state index in [1.165, 1.54) is 17.0 Å². The fraction of sp³-hybridized carbons (Fsp3) is 0.429. The molecule has 2 aliphatic heterocycles. The van der Waals surface area contributed by atoms with E-state index < -0.39 is 17.6 Å². The number of fused-ring (bicyclic) bond motifs is 1. The Hall–Kier alpha value is -2.81. The molecule has 9 heteroatoms. The summed E-state index contributed by atoms with van der Waals surface area (Å²) in [6.07, 6.45) is -3.86. The molecule has 0 bridgehead atoms. The van der Waals surface area contributed by atoms with Crippen LogP contribution in [0.15, 0.2) is 35.1 Å². The van der Waals surface area contributed by atoms with Crippen LogP contribution >= 0.6 is 0 Å². The topological polar surface area (TPSA) is 65.6 Å². The quantitative estimate of drug-likeness (QED) is 0.806. The van der Waals surface area contributed by atoms with Crippen LogP contribution in [0.3, 0.4) is 0 Å². The molecule has 0 unspecified atom stereocenters. The van der Waals surface area contributed by atoms with Gasteiger partial charge in [0.25, 0.3) is 5.91 Å². The largest absolute Gasteiger partial charge is 0.416 e. The van der Waals surface area contributed by atoms with Gasteiger partial charge in [0.15, 0.2) is 0 Å². The Balaban J connectivity index is 1.84. The van der Waals surface area contributed by atoms with Crippen molar-refractivity contribution in [2.45, 2.75) is 32.5 Å². The Morgan fingerprint density at radius 1 is 1.13 bits per heavy atom. The Labute approximate surface area is 171 Å². The zero-order chi connectivity index (χ0) is 21.6. The fourth-order valence-electron chi connectivity index (χ4n) is 4.23. The molecule has 160 valence electrons. The van der Waals surface area contributed by atoms with Crippen molar-refractivity contribution in [3.05, 3.63) is 57.5 Å². The number of amides is 1. The van der Waals surface area contributed by atoms with E-state index in [-0.39, 0.29) is 35.4 Å². The van der Waals surface area contributed by atoms with E-state index in [0.29, 0.717) is 31.0 Å². The van der Waals surface area contributed by atoms with E-state index in [1.54, 1.807) is 13.0 Å². The number of aromatic nitrogens is 1. The van der Waals surface area contributed by atoms with Crippen molar-refractivity contribution in [2.75, 3.05) is 29.7 Å². The van der Waals surface area contributed by atoms with E-state index in [4.69, 9.17) is 4.74 Å². The zero-order valence-electron chi connectivity index (χ0n) is 16.6. The Bertz CT molecular complexity index is 1030. The number of hydrogen-bond acceptors (Lipinski definition) is 4. The average Bonchev–Trinajstić information content (AvgIpc) is 2.69. The first-order valence-electron chi connectivity index (χ1n) is 9.74. The second-order valence-electron chi connectivity index (χ2n) is 7.82. The molecule has 1 aromatic carbocycles. The molecule has 2 aromatic rings. The molecule has 3 heterocycles. The fourth-order valence-corrected chi connectivity index (χ4v) is 4.23. The average molecular weight is 421 g/mol. The predicted molar refractivity (Wildman–Crippen MR) is 106 cm³/mol. The molecule has 6 nitrogen and oxygen atoms in total. The van der Waals surface area contributed by atoms with E-state index in [0.717, 1.165) is 12.1 Å². The number of aromatic amines is 1. The third-order valence-electron chi connectivity index (χ3n) is 5.78. The summed E-state index contributed by atoms with van der Waals surface area (Å²) in [4.78, 5) is 30.9. The maximum absolute atomic E-state index is 13.4. The van der Waals surface area contributed by atoms with Gasteiger partial charge in [-0.3, -0.25) is 14.5 Å². The van der Waals surface area contributed by atoms with Crippen LogP contribution in [0, 0.1) is 12.8 Å². The minimum Gasteiger partial charge on any atom is -0.381 e. The molecule has 4 rings (SSSR count). The molecule has 0 spiro atoms. The van der Waals surface area contributed by atoms with Gasteiger partial charge in [0, 0.05) is 24.4 Å². The van der Waals surface area contributed by atoms with Crippen LogP contribution in [0.25, 0.3) is 0 Å². The first kappa shape index (κ1) is 20.5. The maximum Gasteiger partial charge on any atom is 0.416 e. The minimum absolute atomic E-state index is 0.0767. The molecule has 2 atom stereocenters. The van der Waals surface area contributed by atoms with Crippen molar-refractivity contribution in [1.82, 2.24) is 4.98 Å². The number of H-pyrrole nitrogens is 1. The lowest BCUT2D eigenvalue weighted by Crippen LogP contribution is -2.55. The highest BCUT2D eigenvalue weighted by Crippen LogP contribution is 2.39. The summed E-state index contributed by atoms with van der Waals surface area (Å²) in [5.74, 6) is -0.322. The van der Waals surface area contributed by atoms with Gasteiger partial charge in [-0.25, -0.2) is 0 Å². The van der Waals surface area contributed by atoms with Gasteiger partial charge >= 0.3 is 6.18 Å². The second-order valence-corrected chi connectivity index (χ2v) is 7.82. The van der Waals surface area contributed by atoms with Crippen molar-refractivity contribution >= 4 is 17.3 Å². The highest BCUT2D eigenvalue weighted by Gasteiger charge is 2.39. The van der Waals surface area contributed by atoms with Gasteiger partial charge in [-0.2, -0.15) is 13.2 Å². The van der Waals surface area contributed by atoms with Crippen molar-refractivity contribution in [3.63, 3.8) is 0 Å². The van der Waals surface area contributed by atoms with Crippen LogP contribution in [-0.4, -0.2) is 36.8 Å². The van der Waals surface area contributed by atoms with Crippen LogP contribution in [0.5, 0.6) is 0 Å². The van der Waals surface area contributed by atoms with Crippen LogP contribution in [0.1, 0.15) is 35.0 Å². The molecule has 0 saturated carbocycles. The molecular formula is C21H22F3N3O3. The number of carbonyl (C=O) groups excluding carboxylic acids is 1. The second kappa shape index (κ2) is 7.46. The number of pyridine rings is 1. The first-order chi connectivity index (χ1) is 14.2. The number of aryl methyl sites for hydroxylation is 1. The molecule has 30 heavy (non-hydrogen) atoms. The molecular weight excluding hydrogens is 399 g/mol. The monoisotopic (exact) mass is 421 g/mol. The lowest BCUT2D eigenvalue weighted by molar-refractivity contribution is -0.137. The smallest absolute Gasteiger partial charge is 0.381 e. The number of anilines is 2. The van der Waals surface area contributed by atoms with Crippen molar-refractivity contribution in [3.8, 4) is 0 Å². The highest BCUT2D eigenvalue weighted by molar-refractivity contribution is 6.12. The molecule has 2 aliphatic rings. The van der Waals surface area contributed by atoms with Crippen LogP contribution in [0.4, 0.5) is 24.5 Å². The van der Waals surface area contributed by atoms with Gasteiger partial charge in [0.05, 0.1) is 35.8 Å². The van der Waals surface area contributed by atoms with Gasteiger partial charge in [-0.15, -0.1) is 0 Å².